The minimum Gasteiger partial charge on any atom is -0.344 e. The standard InChI is InChI=1S/C61H56N4O14S2/c1-60(2)50(62(48-32-26-38-36-40(80(72,73)74)28-30-42(38)54(48)60)34-16-6-10-24-52(66)78-64-56(68)44-18-12-13-19-45(44)57(64)69)22-8-5-9-23-51-61(3,4)55-43-31-29-41(81(75,76)77)37-39(43)27-33-49(55)63(51)35-17-7-11-25-53(67)79-65-58(70)46-20-14-15-21-47(46)59(65)71/h5,8-9,12-15,18-23,26-33,36-37H,6-7,10-11,16-17,24-25,34-35H2,1-4H3,(H-,72,73,74,75,76,77)/p+1. The number of carbonyl (C=O) groups is 6. The van der Waals surface area contributed by atoms with Gasteiger partial charge >= 0.3 is 11.9 Å². The molecule has 0 aromatic heterocycles. The Morgan fingerprint density at radius 1 is 0.556 bits per heavy atom. The number of amides is 4. The summed E-state index contributed by atoms with van der Waals surface area (Å²) in [7, 11) is -8.94. The van der Waals surface area contributed by atoms with E-state index in [2.05, 4.69) is 37.2 Å². The van der Waals surface area contributed by atoms with Crippen molar-refractivity contribution in [2.45, 2.75) is 99.7 Å². The first-order valence-electron chi connectivity index (χ1n) is 26.4. The van der Waals surface area contributed by atoms with Crippen LogP contribution >= 0.6 is 0 Å². The zero-order chi connectivity index (χ0) is 57.8. The first-order valence-corrected chi connectivity index (χ1v) is 29.3. The molecule has 10 rings (SSSR count). The van der Waals surface area contributed by atoms with Gasteiger partial charge in [0.2, 0.25) is 5.69 Å². The number of benzene rings is 6. The molecule has 0 bridgehead atoms. The van der Waals surface area contributed by atoms with Crippen LogP contribution in [-0.2, 0) is 50.3 Å². The highest BCUT2D eigenvalue weighted by atomic mass is 32.2. The Morgan fingerprint density at radius 3 is 1.54 bits per heavy atom. The Balaban J connectivity index is 0.877. The van der Waals surface area contributed by atoms with Crippen molar-refractivity contribution < 1.29 is 69.0 Å². The van der Waals surface area contributed by atoms with Gasteiger partial charge in [0.15, 0.2) is 5.71 Å². The predicted molar refractivity (Wildman–Crippen MR) is 300 cm³/mol. The molecular weight excluding hydrogens is 1080 g/mol. The third-order valence-electron chi connectivity index (χ3n) is 15.4. The number of carbonyl (C=O) groups excluding carboxylic acids is 6. The molecule has 18 nitrogen and oxygen atoms in total. The summed E-state index contributed by atoms with van der Waals surface area (Å²) in [5, 5.41) is 3.89. The minimum absolute atomic E-state index is 0.0304. The van der Waals surface area contributed by atoms with Crippen LogP contribution in [0.25, 0.3) is 21.5 Å². The van der Waals surface area contributed by atoms with Crippen LogP contribution in [0.15, 0.2) is 155 Å². The van der Waals surface area contributed by atoms with Crippen LogP contribution in [0.4, 0.5) is 11.4 Å². The van der Waals surface area contributed by atoms with Crippen molar-refractivity contribution in [3.05, 3.63) is 179 Å². The largest absolute Gasteiger partial charge is 0.344 e. The van der Waals surface area contributed by atoms with Crippen molar-refractivity contribution in [1.29, 1.82) is 0 Å². The van der Waals surface area contributed by atoms with E-state index in [0.717, 1.165) is 44.7 Å². The van der Waals surface area contributed by atoms with Crippen molar-refractivity contribution in [2.75, 3.05) is 18.0 Å². The van der Waals surface area contributed by atoms with E-state index in [0.29, 0.717) is 72.5 Å². The lowest BCUT2D eigenvalue weighted by Crippen LogP contribution is -2.32. The number of imide groups is 2. The summed E-state index contributed by atoms with van der Waals surface area (Å²) in [6, 6.07) is 29.1. The van der Waals surface area contributed by atoms with Crippen molar-refractivity contribution in [2.24, 2.45) is 0 Å². The molecule has 4 amide bonds. The minimum atomic E-state index is -4.47. The molecule has 0 atom stereocenters. The molecule has 20 heteroatoms. The first-order chi connectivity index (χ1) is 38.5. The Hall–Kier alpha value is -8.43. The number of hydrogen-bond acceptors (Lipinski definition) is 13. The number of anilines is 1. The molecule has 2 N–H and O–H groups in total. The van der Waals surface area contributed by atoms with Gasteiger partial charge < -0.3 is 14.6 Å². The maximum Gasteiger partial charge on any atom is 0.333 e. The van der Waals surface area contributed by atoms with Crippen LogP contribution in [0.5, 0.6) is 0 Å². The van der Waals surface area contributed by atoms with Gasteiger partial charge in [0.25, 0.3) is 43.9 Å². The molecule has 81 heavy (non-hydrogen) atoms. The van der Waals surface area contributed by atoms with E-state index in [1.165, 1.54) is 48.5 Å². The monoisotopic (exact) mass is 1130 g/mol. The summed E-state index contributed by atoms with van der Waals surface area (Å²) in [6.07, 6.45) is 13.1. The summed E-state index contributed by atoms with van der Waals surface area (Å²) >= 11 is 0. The molecule has 4 aliphatic heterocycles. The summed E-state index contributed by atoms with van der Waals surface area (Å²) in [6.45, 7) is 9.39. The summed E-state index contributed by atoms with van der Waals surface area (Å²) < 4.78 is 70.6. The molecule has 6 aromatic rings. The third-order valence-corrected chi connectivity index (χ3v) is 17.1. The summed E-state index contributed by atoms with van der Waals surface area (Å²) in [5.74, 6) is -4.18. The molecule has 0 fully saturated rings. The zero-order valence-corrected chi connectivity index (χ0v) is 46.4. The smallest absolute Gasteiger partial charge is 0.333 e. The van der Waals surface area contributed by atoms with E-state index in [-0.39, 0.29) is 44.9 Å². The van der Waals surface area contributed by atoms with Gasteiger partial charge in [0.1, 0.15) is 6.54 Å². The lowest BCUT2D eigenvalue weighted by Gasteiger charge is -2.27. The summed E-state index contributed by atoms with van der Waals surface area (Å²) in [4.78, 5) is 89.1. The second-order valence-electron chi connectivity index (χ2n) is 21.3. The number of hydrogen-bond donors (Lipinski definition) is 2. The SMILES string of the molecule is CC1(C)C(/C=C/C=C/C=C2/N(CCCCCC(=O)ON3C(=O)c4ccccc4C3=O)c3ccc4cc(S(=O)(=O)O)ccc4c3C2(C)C)=[N+](CCCCCC(=O)ON2C(=O)c3ccccc3C2=O)c2ccc3cc(S(=O)(=O)O)ccc3c21. The van der Waals surface area contributed by atoms with Gasteiger partial charge in [-0.1, -0.05) is 91.1 Å². The van der Waals surface area contributed by atoms with Crippen molar-refractivity contribution in [3.63, 3.8) is 0 Å². The van der Waals surface area contributed by atoms with E-state index >= 15 is 0 Å². The molecule has 0 saturated heterocycles. The van der Waals surface area contributed by atoms with Crippen molar-refractivity contribution in [3.8, 4) is 0 Å². The van der Waals surface area contributed by atoms with Crippen LogP contribution in [0.3, 0.4) is 0 Å². The normalized spacial score (nSPS) is 16.9. The van der Waals surface area contributed by atoms with Gasteiger partial charge in [-0.05, 0) is 133 Å². The number of allylic oxidation sites excluding steroid dienone is 6. The molecule has 0 spiro atoms. The second kappa shape index (κ2) is 21.6. The maximum absolute atomic E-state index is 12.9. The highest BCUT2D eigenvalue weighted by molar-refractivity contribution is 7.86. The van der Waals surface area contributed by atoms with E-state index < -0.39 is 66.6 Å². The van der Waals surface area contributed by atoms with Crippen LogP contribution in [-0.4, -0.2) is 95.0 Å². The van der Waals surface area contributed by atoms with Crippen LogP contribution in [0, 0.1) is 0 Å². The van der Waals surface area contributed by atoms with Crippen LogP contribution in [0.1, 0.15) is 132 Å². The maximum atomic E-state index is 12.9. The van der Waals surface area contributed by atoms with Gasteiger partial charge in [-0.2, -0.15) is 21.4 Å². The molecule has 4 heterocycles. The number of hydroxylamine groups is 4. The van der Waals surface area contributed by atoms with Crippen LogP contribution < -0.4 is 4.90 Å². The molecule has 0 radical (unpaired) electrons. The van der Waals surface area contributed by atoms with Gasteiger partial charge in [-0.15, -0.1) is 0 Å². The Morgan fingerprint density at radius 2 is 1.04 bits per heavy atom. The number of unbranched alkanes of at least 4 members (excludes halogenated alkanes) is 4. The number of nitrogens with zero attached hydrogens (tertiary/aromatic N) is 4. The number of fused-ring (bicyclic) bond motifs is 8. The van der Waals surface area contributed by atoms with E-state index in [1.54, 1.807) is 36.4 Å². The van der Waals surface area contributed by atoms with E-state index in [1.807, 2.05) is 54.6 Å². The fraction of sp³-hybridized carbons (Fsp3) is 0.262. The lowest BCUT2D eigenvalue weighted by atomic mass is 9.79. The Bertz CT molecular complexity index is 3990. The fourth-order valence-electron chi connectivity index (χ4n) is 11.5. The molecule has 0 unspecified atom stereocenters. The molecule has 6 aromatic carbocycles. The Kier molecular flexibility index (Phi) is 14.9. The van der Waals surface area contributed by atoms with Gasteiger partial charge in [0, 0.05) is 60.3 Å². The van der Waals surface area contributed by atoms with Crippen molar-refractivity contribution >= 4 is 94.4 Å². The molecule has 0 saturated carbocycles. The lowest BCUT2D eigenvalue weighted by molar-refractivity contribution is -0.438. The third kappa shape index (κ3) is 10.5. The Labute approximate surface area is 467 Å². The quantitative estimate of drug-likeness (QED) is 0.0252. The molecular formula is C61H57N4O14S2+. The van der Waals surface area contributed by atoms with Gasteiger partial charge in [-0.25, -0.2) is 9.59 Å². The summed E-state index contributed by atoms with van der Waals surface area (Å²) in [5.41, 5.74) is 5.01. The van der Waals surface area contributed by atoms with Crippen molar-refractivity contribution in [1.82, 2.24) is 10.1 Å². The first kappa shape index (κ1) is 55.9. The average Bonchev–Trinajstić information content (AvgIpc) is 3.66. The van der Waals surface area contributed by atoms with E-state index in [4.69, 9.17) is 9.68 Å². The highest BCUT2D eigenvalue weighted by Gasteiger charge is 2.46. The van der Waals surface area contributed by atoms with Gasteiger partial charge in [-0.3, -0.25) is 28.3 Å². The predicted octanol–water partition coefficient (Wildman–Crippen LogP) is 10.3. The molecule has 0 aliphatic carbocycles. The number of rotatable bonds is 19. The second-order valence-corrected chi connectivity index (χ2v) is 24.2. The van der Waals surface area contributed by atoms with Crippen LogP contribution in [0.2, 0.25) is 0 Å². The molecule has 4 aliphatic rings. The fourth-order valence-corrected chi connectivity index (χ4v) is 12.6. The van der Waals surface area contributed by atoms with E-state index in [9.17, 15) is 54.7 Å². The highest BCUT2D eigenvalue weighted by Crippen LogP contribution is 2.51. The van der Waals surface area contributed by atoms with Gasteiger partial charge in [0.05, 0.1) is 37.5 Å². The topological polar surface area (TPSA) is 242 Å². The average molecular weight is 1130 g/mol. The molecule has 416 valence electrons. The zero-order valence-electron chi connectivity index (χ0n) is 44.7.